The van der Waals surface area contributed by atoms with Crippen molar-refractivity contribution in [2.75, 3.05) is 0 Å². The lowest BCUT2D eigenvalue weighted by Crippen LogP contribution is -2.45. The lowest BCUT2D eigenvalue weighted by atomic mass is 9.56. The SMILES string of the molecule is CC1Oc2cc(C3C(C)C(c4cc5c(c(=O)o4)C(=O)C(O)C(C)O5)C3C)oc(=O)c2C(=O)C1O. The normalized spacial score (nSPS) is 34.4. The number of Topliss-reactive ketones (excluding diaryl/α,β-unsaturated/α-hetero) is 2. The molecule has 1 aliphatic carbocycles. The third kappa shape index (κ3) is 3.08. The molecule has 4 unspecified atom stereocenters. The second-order valence-corrected chi connectivity index (χ2v) is 9.38. The molecular formula is C24H24O10. The molecule has 3 aliphatic rings. The van der Waals surface area contributed by atoms with Gasteiger partial charge in [-0.3, -0.25) is 9.59 Å². The largest absolute Gasteiger partial charge is 0.486 e. The number of aliphatic hydroxyl groups excluding tert-OH is 2. The van der Waals surface area contributed by atoms with E-state index in [0.29, 0.717) is 11.5 Å². The molecule has 0 bridgehead atoms. The average molecular weight is 472 g/mol. The van der Waals surface area contributed by atoms with Crippen molar-refractivity contribution >= 4 is 11.6 Å². The Morgan fingerprint density at radius 3 is 1.35 bits per heavy atom. The van der Waals surface area contributed by atoms with Crippen LogP contribution in [-0.4, -0.2) is 46.2 Å². The van der Waals surface area contributed by atoms with Crippen LogP contribution in [0.15, 0.2) is 30.6 Å². The van der Waals surface area contributed by atoms with Crippen molar-refractivity contribution in [3.63, 3.8) is 0 Å². The molecule has 10 heteroatoms. The predicted octanol–water partition coefficient (Wildman–Crippen LogP) is 1.40. The van der Waals surface area contributed by atoms with Gasteiger partial charge < -0.3 is 28.5 Å². The summed E-state index contributed by atoms with van der Waals surface area (Å²) in [6, 6.07) is 3.03. The van der Waals surface area contributed by atoms with Crippen LogP contribution in [0, 0.1) is 11.8 Å². The first kappa shape index (κ1) is 22.5. The Labute approximate surface area is 193 Å². The van der Waals surface area contributed by atoms with Crippen molar-refractivity contribution in [2.45, 2.75) is 63.9 Å². The van der Waals surface area contributed by atoms with Crippen LogP contribution in [0.5, 0.6) is 11.5 Å². The van der Waals surface area contributed by atoms with Gasteiger partial charge in [0.2, 0.25) is 11.6 Å². The molecule has 2 aromatic heterocycles. The monoisotopic (exact) mass is 472 g/mol. The molecule has 4 heterocycles. The number of rotatable bonds is 2. The fourth-order valence-electron chi connectivity index (χ4n) is 5.48. The third-order valence-corrected chi connectivity index (χ3v) is 7.34. The number of ketones is 2. The Morgan fingerprint density at radius 1 is 0.647 bits per heavy atom. The number of hydrogen-bond acceptors (Lipinski definition) is 10. The third-order valence-electron chi connectivity index (χ3n) is 7.34. The molecular weight excluding hydrogens is 448 g/mol. The van der Waals surface area contributed by atoms with E-state index in [2.05, 4.69) is 0 Å². The molecule has 34 heavy (non-hydrogen) atoms. The van der Waals surface area contributed by atoms with Crippen LogP contribution in [0.1, 0.15) is 71.8 Å². The molecule has 5 rings (SSSR count). The van der Waals surface area contributed by atoms with Crippen LogP contribution in [0.25, 0.3) is 0 Å². The summed E-state index contributed by atoms with van der Waals surface area (Å²) >= 11 is 0. The lowest BCUT2D eigenvalue weighted by Gasteiger charge is -2.48. The molecule has 0 amide bonds. The highest BCUT2D eigenvalue weighted by Crippen LogP contribution is 2.57. The molecule has 1 saturated carbocycles. The van der Waals surface area contributed by atoms with Crippen LogP contribution in [-0.2, 0) is 0 Å². The van der Waals surface area contributed by atoms with Gasteiger partial charge in [0.15, 0.2) is 12.2 Å². The summed E-state index contributed by atoms with van der Waals surface area (Å²) in [4.78, 5) is 49.7. The van der Waals surface area contributed by atoms with Crippen LogP contribution in [0.3, 0.4) is 0 Å². The molecule has 10 nitrogen and oxygen atoms in total. The van der Waals surface area contributed by atoms with Gasteiger partial charge in [-0.05, 0) is 25.7 Å². The van der Waals surface area contributed by atoms with Gasteiger partial charge in [-0.1, -0.05) is 13.8 Å². The van der Waals surface area contributed by atoms with E-state index in [9.17, 15) is 29.4 Å². The van der Waals surface area contributed by atoms with E-state index in [1.54, 1.807) is 0 Å². The summed E-state index contributed by atoms with van der Waals surface area (Å²) in [6.45, 7) is 6.89. The van der Waals surface area contributed by atoms with Gasteiger partial charge in [-0.2, -0.15) is 0 Å². The molecule has 180 valence electrons. The number of fused-ring (bicyclic) bond motifs is 2. The van der Waals surface area contributed by atoms with E-state index >= 15 is 0 Å². The maximum atomic E-state index is 12.5. The number of hydrogen-bond donors (Lipinski definition) is 2. The second-order valence-electron chi connectivity index (χ2n) is 9.38. The number of carbonyl (C=O) groups is 2. The van der Waals surface area contributed by atoms with Crippen molar-refractivity contribution in [2.24, 2.45) is 11.8 Å². The molecule has 2 aromatic rings. The van der Waals surface area contributed by atoms with Gasteiger partial charge in [0.1, 0.15) is 46.4 Å². The Morgan fingerprint density at radius 2 is 1.00 bits per heavy atom. The fourth-order valence-corrected chi connectivity index (χ4v) is 5.48. The van der Waals surface area contributed by atoms with E-state index in [4.69, 9.17) is 18.3 Å². The Balaban J connectivity index is 1.47. The van der Waals surface area contributed by atoms with Gasteiger partial charge in [0.25, 0.3) is 0 Å². The van der Waals surface area contributed by atoms with Gasteiger partial charge >= 0.3 is 11.3 Å². The topological polar surface area (TPSA) is 153 Å². The van der Waals surface area contributed by atoms with Gasteiger partial charge in [-0.15, -0.1) is 0 Å². The first-order valence-corrected chi connectivity index (χ1v) is 11.1. The second kappa shape index (κ2) is 7.64. The zero-order chi connectivity index (χ0) is 24.6. The predicted molar refractivity (Wildman–Crippen MR) is 115 cm³/mol. The van der Waals surface area contributed by atoms with E-state index < -0.39 is 47.2 Å². The maximum absolute atomic E-state index is 12.5. The number of aliphatic hydroxyl groups is 2. The Bertz CT molecular complexity index is 1210. The average Bonchev–Trinajstić information content (AvgIpc) is 2.75. The standard InChI is InChI=1S/C24H24O10/c1-7-15(11-5-13-17(23(29)33-11)21(27)19(25)9(3)31-13)8(2)16(7)12-6-14-18(24(30)34-12)22(28)20(26)10(4)32-14/h5-10,15-16,19-20,25-26H,1-4H3. The first-order chi connectivity index (χ1) is 16.0. The fraction of sp³-hybridized carbons (Fsp3) is 0.500. The molecule has 0 spiro atoms. The smallest absolute Gasteiger partial charge is 0.350 e. The maximum Gasteiger partial charge on any atom is 0.350 e. The number of carbonyl (C=O) groups excluding carboxylic acids is 2. The minimum Gasteiger partial charge on any atom is -0.486 e. The van der Waals surface area contributed by atoms with Gasteiger partial charge in [-0.25, -0.2) is 9.59 Å². The molecule has 0 saturated heterocycles. The quantitative estimate of drug-likeness (QED) is 0.655. The molecule has 0 radical (unpaired) electrons. The lowest BCUT2D eigenvalue weighted by molar-refractivity contribution is 0.0264. The van der Waals surface area contributed by atoms with Crippen molar-refractivity contribution in [1.82, 2.24) is 0 Å². The highest BCUT2D eigenvalue weighted by molar-refractivity contribution is 6.03. The van der Waals surface area contributed by atoms with Gasteiger partial charge in [0, 0.05) is 24.0 Å². The van der Waals surface area contributed by atoms with Crippen LogP contribution < -0.4 is 20.7 Å². The molecule has 1 fully saturated rings. The van der Waals surface area contributed by atoms with E-state index in [0.717, 1.165) is 0 Å². The highest BCUT2D eigenvalue weighted by Gasteiger charge is 2.51. The summed E-state index contributed by atoms with van der Waals surface area (Å²) in [6.07, 6.45) is -4.46. The van der Waals surface area contributed by atoms with E-state index in [1.165, 1.54) is 26.0 Å². The zero-order valence-corrected chi connectivity index (χ0v) is 18.9. The van der Waals surface area contributed by atoms with E-state index in [-0.39, 0.29) is 46.3 Å². The molecule has 0 aromatic carbocycles. The number of ether oxygens (including phenoxy) is 2. The molecule has 2 aliphatic heterocycles. The Kier molecular flexibility index (Phi) is 5.07. The van der Waals surface area contributed by atoms with Crippen molar-refractivity contribution < 1.29 is 38.1 Å². The molecule has 2 N–H and O–H groups in total. The van der Waals surface area contributed by atoms with E-state index in [1.807, 2.05) is 13.8 Å². The Hall–Kier alpha value is -3.24. The summed E-state index contributed by atoms with van der Waals surface area (Å²) in [7, 11) is 0. The summed E-state index contributed by atoms with van der Waals surface area (Å²) in [5, 5.41) is 19.8. The first-order valence-electron chi connectivity index (χ1n) is 11.1. The summed E-state index contributed by atoms with van der Waals surface area (Å²) in [5.41, 5.74) is -2.34. The van der Waals surface area contributed by atoms with Crippen LogP contribution in [0.2, 0.25) is 0 Å². The van der Waals surface area contributed by atoms with Crippen molar-refractivity contribution in [3.05, 3.63) is 55.6 Å². The zero-order valence-electron chi connectivity index (χ0n) is 18.9. The van der Waals surface area contributed by atoms with Crippen LogP contribution >= 0.6 is 0 Å². The summed E-state index contributed by atoms with van der Waals surface area (Å²) in [5.74, 6) is -1.39. The highest BCUT2D eigenvalue weighted by atomic mass is 16.5. The van der Waals surface area contributed by atoms with Crippen LogP contribution in [0.4, 0.5) is 0 Å². The minimum atomic E-state index is -1.43. The van der Waals surface area contributed by atoms with Crippen molar-refractivity contribution in [3.8, 4) is 11.5 Å². The minimum absolute atomic E-state index is 0.0803. The van der Waals surface area contributed by atoms with Gasteiger partial charge in [0.05, 0.1) is 0 Å². The summed E-state index contributed by atoms with van der Waals surface area (Å²) < 4.78 is 22.1. The van der Waals surface area contributed by atoms with Crippen molar-refractivity contribution in [1.29, 1.82) is 0 Å². The molecule has 4 atom stereocenters.